The number of nitrogens with two attached hydrogens (primary N) is 1. The fourth-order valence-corrected chi connectivity index (χ4v) is 1.32. The van der Waals surface area contributed by atoms with Crippen LogP contribution in [0.2, 0.25) is 0 Å². The average Bonchev–Trinajstić information content (AvgIpc) is 2.03. The highest BCUT2D eigenvalue weighted by atomic mass is 127. The summed E-state index contributed by atoms with van der Waals surface area (Å²) in [5, 5.41) is 17.9. The SMILES string of the molecule is N#CC(N)c1ccc(I)cc1O. The second-order valence-electron chi connectivity index (χ2n) is 2.31. The molecule has 1 unspecified atom stereocenters. The first-order valence-electron chi connectivity index (χ1n) is 3.28. The Kier molecular flexibility index (Phi) is 2.89. The largest absolute Gasteiger partial charge is 0.508 e. The molecule has 0 bridgehead atoms. The Bertz CT molecular complexity index is 332. The van der Waals surface area contributed by atoms with Crippen LogP contribution in [0.1, 0.15) is 11.6 Å². The van der Waals surface area contributed by atoms with Crippen LogP contribution in [0.4, 0.5) is 0 Å². The van der Waals surface area contributed by atoms with Gasteiger partial charge in [-0.3, -0.25) is 0 Å². The summed E-state index contributed by atoms with van der Waals surface area (Å²) in [5.41, 5.74) is 5.89. The van der Waals surface area contributed by atoms with Gasteiger partial charge >= 0.3 is 0 Å². The van der Waals surface area contributed by atoms with Crippen LogP contribution >= 0.6 is 22.6 Å². The number of nitriles is 1. The Morgan fingerprint density at radius 2 is 2.25 bits per heavy atom. The third-order valence-electron chi connectivity index (χ3n) is 1.47. The summed E-state index contributed by atoms with van der Waals surface area (Å²) in [5.74, 6) is 0.0796. The van der Waals surface area contributed by atoms with Crippen molar-refractivity contribution >= 4 is 22.6 Å². The number of phenolic OH excluding ortho intramolecular Hbond substituents is 1. The summed E-state index contributed by atoms with van der Waals surface area (Å²) in [6.45, 7) is 0. The highest BCUT2D eigenvalue weighted by Gasteiger charge is 2.08. The molecule has 0 saturated heterocycles. The Labute approximate surface area is 83.9 Å². The molecule has 1 aromatic carbocycles. The highest BCUT2D eigenvalue weighted by molar-refractivity contribution is 14.1. The van der Waals surface area contributed by atoms with Gasteiger partial charge in [0.15, 0.2) is 0 Å². The molecule has 0 radical (unpaired) electrons. The lowest BCUT2D eigenvalue weighted by atomic mass is 10.1. The summed E-state index contributed by atoms with van der Waals surface area (Å²) in [6.07, 6.45) is 0. The van der Waals surface area contributed by atoms with Crippen LogP contribution < -0.4 is 5.73 Å². The molecule has 12 heavy (non-hydrogen) atoms. The first kappa shape index (κ1) is 9.29. The fraction of sp³-hybridized carbons (Fsp3) is 0.125. The molecule has 0 amide bonds. The van der Waals surface area contributed by atoms with E-state index in [4.69, 9.17) is 11.0 Å². The van der Waals surface area contributed by atoms with Crippen molar-refractivity contribution in [3.63, 3.8) is 0 Å². The van der Waals surface area contributed by atoms with E-state index in [-0.39, 0.29) is 5.75 Å². The maximum atomic E-state index is 9.36. The van der Waals surface area contributed by atoms with E-state index in [2.05, 4.69) is 22.6 Å². The summed E-state index contributed by atoms with van der Waals surface area (Å²) in [7, 11) is 0. The normalized spacial score (nSPS) is 12.1. The molecule has 1 rings (SSSR count). The lowest BCUT2D eigenvalue weighted by Gasteiger charge is -2.05. The number of nitrogens with zero attached hydrogens (tertiary/aromatic N) is 1. The van der Waals surface area contributed by atoms with Crippen LogP contribution in [0, 0.1) is 14.9 Å². The van der Waals surface area contributed by atoms with E-state index >= 15 is 0 Å². The quantitative estimate of drug-likeness (QED) is 0.763. The predicted octanol–water partition coefficient (Wildman–Crippen LogP) is 1.52. The minimum atomic E-state index is -0.748. The van der Waals surface area contributed by atoms with Gasteiger partial charge in [-0.25, -0.2) is 0 Å². The van der Waals surface area contributed by atoms with E-state index in [1.807, 2.05) is 6.07 Å². The molecular weight excluding hydrogens is 267 g/mol. The van der Waals surface area contributed by atoms with Gasteiger partial charge in [0.25, 0.3) is 0 Å². The number of benzene rings is 1. The van der Waals surface area contributed by atoms with Gasteiger partial charge in [0.2, 0.25) is 0 Å². The van der Waals surface area contributed by atoms with Crippen LogP contribution in [0.25, 0.3) is 0 Å². The van der Waals surface area contributed by atoms with E-state index in [1.54, 1.807) is 18.2 Å². The van der Waals surface area contributed by atoms with Gasteiger partial charge < -0.3 is 10.8 Å². The zero-order valence-corrected chi connectivity index (χ0v) is 8.32. The van der Waals surface area contributed by atoms with Gasteiger partial charge in [-0.2, -0.15) is 5.26 Å². The third-order valence-corrected chi connectivity index (χ3v) is 2.14. The lowest BCUT2D eigenvalue weighted by molar-refractivity contribution is 0.466. The van der Waals surface area contributed by atoms with Gasteiger partial charge in [0, 0.05) is 9.13 Å². The topological polar surface area (TPSA) is 70.0 Å². The van der Waals surface area contributed by atoms with Crippen LogP contribution in [-0.2, 0) is 0 Å². The zero-order chi connectivity index (χ0) is 9.14. The fourth-order valence-electron chi connectivity index (χ4n) is 0.849. The molecule has 0 saturated carbocycles. The maximum Gasteiger partial charge on any atom is 0.122 e. The molecule has 0 aliphatic carbocycles. The molecule has 0 heterocycles. The standard InChI is InChI=1S/C8H7IN2O/c9-5-1-2-6(7(11)4-10)8(12)3-5/h1-3,7,12H,11H2. The van der Waals surface area contributed by atoms with E-state index in [0.717, 1.165) is 3.57 Å². The Morgan fingerprint density at radius 1 is 1.58 bits per heavy atom. The van der Waals surface area contributed by atoms with Crippen molar-refractivity contribution in [3.8, 4) is 11.8 Å². The van der Waals surface area contributed by atoms with Crippen LogP contribution in [0.15, 0.2) is 18.2 Å². The van der Waals surface area contributed by atoms with Gasteiger partial charge in [-0.15, -0.1) is 0 Å². The number of hydrogen-bond donors (Lipinski definition) is 2. The first-order valence-corrected chi connectivity index (χ1v) is 4.36. The summed E-state index contributed by atoms with van der Waals surface area (Å²) in [6, 6.07) is 6.14. The predicted molar refractivity (Wildman–Crippen MR) is 53.4 cm³/mol. The molecule has 1 aromatic rings. The molecule has 1 atom stereocenters. The van der Waals surface area contributed by atoms with E-state index in [0.29, 0.717) is 5.56 Å². The summed E-state index contributed by atoms with van der Waals surface area (Å²) in [4.78, 5) is 0. The minimum absolute atomic E-state index is 0.0796. The Morgan fingerprint density at radius 3 is 2.75 bits per heavy atom. The number of rotatable bonds is 1. The van der Waals surface area contributed by atoms with E-state index < -0.39 is 6.04 Å². The highest BCUT2D eigenvalue weighted by Crippen LogP contribution is 2.24. The minimum Gasteiger partial charge on any atom is -0.508 e. The van der Waals surface area contributed by atoms with Crippen LogP contribution in [0.5, 0.6) is 5.75 Å². The average molecular weight is 274 g/mol. The smallest absolute Gasteiger partial charge is 0.122 e. The van der Waals surface area contributed by atoms with Gasteiger partial charge in [0.1, 0.15) is 11.8 Å². The van der Waals surface area contributed by atoms with Crippen molar-refractivity contribution in [2.45, 2.75) is 6.04 Å². The molecular formula is C8H7IN2O. The second-order valence-corrected chi connectivity index (χ2v) is 3.56. The van der Waals surface area contributed by atoms with Crippen molar-refractivity contribution in [2.75, 3.05) is 0 Å². The van der Waals surface area contributed by atoms with Crippen molar-refractivity contribution in [2.24, 2.45) is 5.73 Å². The number of aromatic hydroxyl groups is 1. The molecule has 0 aliphatic rings. The first-order chi connectivity index (χ1) is 5.65. The molecule has 4 heteroatoms. The Hall–Kier alpha value is -0.800. The van der Waals surface area contributed by atoms with Gasteiger partial charge in [-0.1, -0.05) is 6.07 Å². The van der Waals surface area contributed by atoms with Crippen molar-refractivity contribution < 1.29 is 5.11 Å². The summed E-state index contributed by atoms with van der Waals surface area (Å²) >= 11 is 2.07. The van der Waals surface area contributed by atoms with Crippen LogP contribution in [-0.4, -0.2) is 5.11 Å². The number of halogens is 1. The van der Waals surface area contributed by atoms with E-state index in [1.165, 1.54) is 0 Å². The number of phenols is 1. The molecule has 3 N–H and O–H groups in total. The van der Waals surface area contributed by atoms with Crippen molar-refractivity contribution in [3.05, 3.63) is 27.3 Å². The van der Waals surface area contributed by atoms with E-state index in [9.17, 15) is 5.11 Å². The molecule has 62 valence electrons. The van der Waals surface area contributed by atoms with Gasteiger partial charge in [0.05, 0.1) is 6.07 Å². The third kappa shape index (κ3) is 1.87. The molecule has 0 fully saturated rings. The maximum absolute atomic E-state index is 9.36. The molecule has 0 aliphatic heterocycles. The number of hydrogen-bond acceptors (Lipinski definition) is 3. The molecule has 0 aromatic heterocycles. The molecule has 3 nitrogen and oxygen atoms in total. The van der Waals surface area contributed by atoms with Gasteiger partial charge in [-0.05, 0) is 34.7 Å². The summed E-state index contributed by atoms with van der Waals surface area (Å²) < 4.78 is 0.916. The van der Waals surface area contributed by atoms with Crippen LogP contribution in [0.3, 0.4) is 0 Å². The Balaban J connectivity index is 3.11. The van der Waals surface area contributed by atoms with Crippen molar-refractivity contribution in [1.29, 1.82) is 5.26 Å². The zero-order valence-electron chi connectivity index (χ0n) is 6.16. The van der Waals surface area contributed by atoms with Crippen molar-refractivity contribution in [1.82, 2.24) is 0 Å². The lowest BCUT2D eigenvalue weighted by Crippen LogP contribution is -2.07. The molecule has 0 spiro atoms. The second kappa shape index (κ2) is 3.74. The monoisotopic (exact) mass is 274 g/mol.